The molecule has 0 spiro atoms. The molecule has 74 valence electrons. The Morgan fingerprint density at radius 3 is 3.08 bits per heavy atom. The molecule has 0 saturated carbocycles. The molecule has 1 unspecified atom stereocenters. The third-order valence-electron chi connectivity index (χ3n) is 2.80. The second-order valence-corrected chi connectivity index (χ2v) is 3.94. The number of carbonyl (C=O) groups excluding carboxylic acids is 1. The smallest absolute Gasteiger partial charge is 0.234 e. The highest BCUT2D eigenvalue weighted by molar-refractivity contribution is 5.78. The van der Waals surface area contributed by atoms with E-state index in [1.54, 1.807) is 0 Å². The van der Waals surface area contributed by atoms with Crippen molar-refractivity contribution in [1.82, 2.24) is 15.5 Å². The van der Waals surface area contributed by atoms with Crippen LogP contribution < -0.4 is 10.6 Å². The first-order valence-corrected chi connectivity index (χ1v) is 5.04. The zero-order valence-corrected chi connectivity index (χ0v) is 7.88. The van der Waals surface area contributed by atoms with Crippen LogP contribution in [-0.2, 0) is 4.79 Å². The Labute approximate surface area is 78.7 Å². The summed E-state index contributed by atoms with van der Waals surface area (Å²) in [4.78, 5) is 13.3. The van der Waals surface area contributed by atoms with E-state index in [2.05, 4.69) is 15.5 Å². The van der Waals surface area contributed by atoms with Crippen LogP contribution in [0.1, 0.15) is 6.42 Å². The molecule has 1 atom stereocenters. The molecule has 0 aliphatic carbocycles. The first kappa shape index (κ1) is 8.97. The SMILES string of the molecule is O=C1CN(CC2CCNC2)CCN1. The fourth-order valence-corrected chi connectivity index (χ4v) is 2.08. The molecule has 2 aliphatic heterocycles. The van der Waals surface area contributed by atoms with Crippen molar-refractivity contribution in [2.45, 2.75) is 6.42 Å². The van der Waals surface area contributed by atoms with Crippen LogP contribution in [0.5, 0.6) is 0 Å². The standard InChI is InChI=1S/C9H17N3O/c13-9-7-12(4-3-11-9)6-8-1-2-10-5-8/h8,10H,1-7H2,(H,11,13). The third kappa shape index (κ3) is 2.42. The summed E-state index contributed by atoms with van der Waals surface area (Å²) in [6.45, 7) is 5.78. The van der Waals surface area contributed by atoms with Crippen LogP contribution in [0.2, 0.25) is 0 Å². The van der Waals surface area contributed by atoms with Gasteiger partial charge in [0.15, 0.2) is 0 Å². The molecule has 13 heavy (non-hydrogen) atoms. The zero-order chi connectivity index (χ0) is 9.10. The van der Waals surface area contributed by atoms with E-state index in [4.69, 9.17) is 0 Å². The van der Waals surface area contributed by atoms with Crippen molar-refractivity contribution in [3.05, 3.63) is 0 Å². The number of hydrogen-bond acceptors (Lipinski definition) is 3. The van der Waals surface area contributed by atoms with Crippen LogP contribution in [0, 0.1) is 5.92 Å². The van der Waals surface area contributed by atoms with E-state index >= 15 is 0 Å². The van der Waals surface area contributed by atoms with E-state index < -0.39 is 0 Å². The summed E-state index contributed by atoms with van der Waals surface area (Å²) in [7, 11) is 0. The first-order chi connectivity index (χ1) is 6.34. The Balaban J connectivity index is 1.76. The highest BCUT2D eigenvalue weighted by Crippen LogP contribution is 2.09. The van der Waals surface area contributed by atoms with E-state index in [9.17, 15) is 4.79 Å². The summed E-state index contributed by atoms with van der Waals surface area (Å²) in [6.07, 6.45) is 1.26. The molecule has 4 nitrogen and oxygen atoms in total. The molecule has 0 aromatic rings. The van der Waals surface area contributed by atoms with Crippen molar-refractivity contribution in [1.29, 1.82) is 0 Å². The minimum atomic E-state index is 0.178. The number of nitrogens with one attached hydrogen (secondary N) is 2. The molecule has 1 amide bonds. The molecular weight excluding hydrogens is 166 g/mol. The monoisotopic (exact) mass is 183 g/mol. The Kier molecular flexibility index (Phi) is 2.80. The fourth-order valence-electron chi connectivity index (χ4n) is 2.08. The van der Waals surface area contributed by atoms with Gasteiger partial charge in [0.1, 0.15) is 0 Å². The summed E-state index contributed by atoms with van der Waals surface area (Å²) in [5, 5.41) is 6.19. The predicted molar refractivity (Wildman–Crippen MR) is 50.4 cm³/mol. The number of nitrogens with zero attached hydrogens (tertiary/aromatic N) is 1. The maximum absolute atomic E-state index is 11.1. The molecule has 2 fully saturated rings. The minimum Gasteiger partial charge on any atom is -0.354 e. The summed E-state index contributed by atoms with van der Waals surface area (Å²) in [6, 6.07) is 0. The van der Waals surface area contributed by atoms with Gasteiger partial charge in [0, 0.05) is 19.6 Å². The van der Waals surface area contributed by atoms with Gasteiger partial charge in [0.05, 0.1) is 6.54 Å². The molecule has 0 radical (unpaired) electrons. The Hall–Kier alpha value is -0.610. The van der Waals surface area contributed by atoms with Gasteiger partial charge in [-0.25, -0.2) is 0 Å². The zero-order valence-electron chi connectivity index (χ0n) is 7.88. The lowest BCUT2D eigenvalue weighted by Crippen LogP contribution is -2.49. The molecule has 2 N–H and O–H groups in total. The molecule has 2 heterocycles. The second kappa shape index (κ2) is 4.07. The van der Waals surface area contributed by atoms with Crippen LogP contribution in [0.4, 0.5) is 0 Å². The highest BCUT2D eigenvalue weighted by atomic mass is 16.2. The van der Waals surface area contributed by atoms with E-state index in [-0.39, 0.29) is 5.91 Å². The van der Waals surface area contributed by atoms with Gasteiger partial charge in [-0.3, -0.25) is 9.69 Å². The summed E-state index contributed by atoms with van der Waals surface area (Å²) < 4.78 is 0. The predicted octanol–water partition coefficient (Wildman–Crippen LogP) is -0.972. The summed E-state index contributed by atoms with van der Waals surface area (Å²) in [5.74, 6) is 0.933. The van der Waals surface area contributed by atoms with Crippen molar-refractivity contribution in [3.8, 4) is 0 Å². The van der Waals surface area contributed by atoms with Gasteiger partial charge in [-0.1, -0.05) is 0 Å². The van der Waals surface area contributed by atoms with Crippen LogP contribution in [0.3, 0.4) is 0 Å². The Morgan fingerprint density at radius 2 is 2.38 bits per heavy atom. The normalized spacial score (nSPS) is 30.5. The summed E-state index contributed by atoms with van der Waals surface area (Å²) >= 11 is 0. The lowest BCUT2D eigenvalue weighted by Gasteiger charge is -2.28. The molecule has 4 heteroatoms. The van der Waals surface area contributed by atoms with Crippen molar-refractivity contribution < 1.29 is 4.79 Å². The molecular formula is C9H17N3O. The van der Waals surface area contributed by atoms with Crippen molar-refractivity contribution in [2.75, 3.05) is 39.3 Å². The van der Waals surface area contributed by atoms with Crippen molar-refractivity contribution in [3.63, 3.8) is 0 Å². The number of hydrogen-bond donors (Lipinski definition) is 2. The number of piperazine rings is 1. The fraction of sp³-hybridized carbons (Fsp3) is 0.889. The number of amides is 1. The average Bonchev–Trinajstić information content (AvgIpc) is 2.57. The van der Waals surface area contributed by atoms with Crippen molar-refractivity contribution in [2.24, 2.45) is 5.92 Å². The van der Waals surface area contributed by atoms with E-state index in [0.717, 1.165) is 38.6 Å². The van der Waals surface area contributed by atoms with Gasteiger partial charge < -0.3 is 10.6 Å². The topological polar surface area (TPSA) is 44.4 Å². The Bertz CT molecular complexity index is 189. The molecule has 0 aromatic heterocycles. The minimum absolute atomic E-state index is 0.178. The van der Waals surface area contributed by atoms with Crippen LogP contribution >= 0.6 is 0 Å². The summed E-state index contributed by atoms with van der Waals surface area (Å²) in [5.41, 5.74) is 0. The number of rotatable bonds is 2. The maximum atomic E-state index is 11.1. The van der Waals surface area contributed by atoms with Gasteiger partial charge in [-0.15, -0.1) is 0 Å². The van der Waals surface area contributed by atoms with Gasteiger partial charge in [-0.05, 0) is 25.4 Å². The van der Waals surface area contributed by atoms with Gasteiger partial charge >= 0.3 is 0 Å². The van der Waals surface area contributed by atoms with Crippen LogP contribution in [0.25, 0.3) is 0 Å². The van der Waals surface area contributed by atoms with E-state index in [1.165, 1.54) is 6.42 Å². The Morgan fingerprint density at radius 1 is 1.46 bits per heavy atom. The van der Waals surface area contributed by atoms with Gasteiger partial charge in [0.2, 0.25) is 5.91 Å². The second-order valence-electron chi connectivity index (χ2n) is 3.94. The van der Waals surface area contributed by atoms with Gasteiger partial charge in [0.25, 0.3) is 0 Å². The van der Waals surface area contributed by atoms with Crippen LogP contribution in [0.15, 0.2) is 0 Å². The highest BCUT2D eigenvalue weighted by Gasteiger charge is 2.21. The molecule has 0 aromatic carbocycles. The maximum Gasteiger partial charge on any atom is 0.234 e. The average molecular weight is 183 g/mol. The van der Waals surface area contributed by atoms with E-state index in [0.29, 0.717) is 6.54 Å². The third-order valence-corrected chi connectivity index (χ3v) is 2.80. The molecule has 2 rings (SSSR count). The quantitative estimate of drug-likeness (QED) is 0.579. The lowest BCUT2D eigenvalue weighted by molar-refractivity contribution is -0.124. The molecule has 2 aliphatic rings. The first-order valence-electron chi connectivity index (χ1n) is 5.04. The van der Waals surface area contributed by atoms with Crippen molar-refractivity contribution >= 4 is 5.91 Å². The number of carbonyl (C=O) groups is 1. The molecule has 2 saturated heterocycles. The van der Waals surface area contributed by atoms with Crippen LogP contribution in [-0.4, -0.2) is 50.1 Å². The van der Waals surface area contributed by atoms with E-state index in [1.807, 2.05) is 0 Å². The van der Waals surface area contributed by atoms with Gasteiger partial charge in [-0.2, -0.15) is 0 Å². The molecule has 0 bridgehead atoms. The lowest BCUT2D eigenvalue weighted by atomic mass is 10.1. The largest absolute Gasteiger partial charge is 0.354 e.